The number of nitrogens with zero attached hydrogens (tertiary/aromatic N) is 1. The van der Waals surface area contributed by atoms with Gasteiger partial charge in [0, 0.05) is 25.2 Å². The molecule has 0 radical (unpaired) electrons. The Balaban J connectivity index is 2.02. The molecule has 2 rings (SSSR count). The molecule has 7 heteroatoms. The first-order valence-corrected chi connectivity index (χ1v) is 9.35. The fourth-order valence-corrected chi connectivity index (χ4v) is 3.34. The predicted octanol–water partition coefficient (Wildman–Crippen LogP) is 1.48. The molecule has 0 bridgehead atoms. The zero-order valence-corrected chi connectivity index (χ0v) is 14.4. The molecular formula is C16H24N2O4S. The molecule has 0 aromatic heterocycles. The van der Waals surface area contributed by atoms with Crippen molar-refractivity contribution in [2.45, 2.75) is 25.2 Å². The first-order chi connectivity index (χ1) is 10.9. The summed E-state index contributed by atoms with van der Waals surface area (Å²) < 4.78 is 32.1. The number of carbonyl (C=O) groups excluding carboxylic acids is 1. The highest BCUT2D eigenvalue weighted by molar-refractivity contribution is 7.89. The summed E-state index contributed by atoms with van der Waals surface area (Å²) >= 11 is 0. The Labute approximate surface area is 137 Å². The SMILES string of the molecule is CC(C)CCNS(=O)(=O)c1ccc(C(=O)N2CCOCC2)cc1. The fraction of sp³-hybridized carbons (Fsp3) is 0.562. The zero-order valence-electron chi connectivity index (χ0n) is 13.6. The zero-order chi connectivity index (χ0) is 16.9. The van der Waals surface area contributed by atoms with Gasteiger partial charge in [0.05, 0.1) is 18.1 Å². The minimum atomic E-state index is -3.52. The van der Waals surface area contributed by atoms with Crippen molar-refractivity contribution in [1.82, 2.24) is 9.62 Å². The maximum absolute atomic E-state index is 12.3. The first kappa shape index (κ1) is 17.9. The summed E-state index contributed by atoms with van der Waals surface area (Å²) in [5.74, 6) is 0.344. The molecule has 6 nitrogen and oxygen atoms in total. The number of hydrogen-bond acceptors (Lipinski definition) is 4. The van der Waals surface area contributed by atoms with Crippen LogP contribution in [-0.2, 0) is 14.8 Å². The van der Waals surface area contributed by atoms with Gasteiger partial charge in [-0.25, -0.2) is 13.1 Å². The molecule has 1 aliphatic heterocycles. The topological polar surface area (TPSA) is 75.7 Å². The molecule has 0 atom stereocenters. The third-order valence-corrected chi connectivity index (χ3v) is 5.20. The first-order valence-electron chi connectivity index (χ1n) is 7.87. The third-order valence-electron chi connectivity index (χ3n) is 3.72. The van der Waals surface area contributed by atoms with E-state index >= 15 is 0 Å². The molecule has 1 heterocycles. The summed E-state index contributed by atoms with van der Waals surface area (Å²) in [6.45, 7) is 6.70. The van der Waals surface area contributed by atoms with Crippen LogP contribution in [0.5, 0.6) is 0 Å². The summed E-state index contributed by atoms with van der Waals surface area (Å²) in [4.78, 5) is 14.2. The van der Waals surface area contributed by atoms with E-state index < -0.39 is 10.0 Å². The number of carbonyl (C=O) groups is 1. The summed E-state index contributed by atoms with van der Waals surface area (Å²) in [5, 5.41) is 0. The van der Waals surface area contributed by atoms with Crippen LogP contribution < -0.4 is 4.72 Å². The lowest BCUT2D eigenvalue weighted by atomic mass is 10.1. The molecular weight excluding hydrogens is 316 g/mol. The molecule has 1 fully saturated rings. The van der Waals surface area contributed by atoms with Crippen molar-refractivity contribution in [3.8, 4) is 0 Å². The smallest absolute Gasteiger partial charge is 0.254 e. The van der Waals surface area contributed by atoms with E-state index in [0.717, 1.165) is 6.42 Å². The quantitative estimate of drug-likeness (QED) is 0.851. The average molecular weight is 340 g/mol. The van der Waals surface area contributed by atoms with Crippen LogP contribution in [0.3, 0.4) is 0 Å². The molecule has 23 heavy (non-hydrogen) atoms. The highest BCUT2D eigenvalue weighted by Gasteiger charge is 2.20. The van der Waals surface area contributed by atoms with Gasteiger partial charge in [0.2, 0.25) is 10.0 Å². The predicted molar refractivity (Wildman–Crippen MR) is 87.8 cm³/mol. The normalized spacial score (nSPS) is 15.9. The minimum absolute atomic E-state index is 0.0926. The standard InChI is InChI=1S/C16H24N2O4S/c1-13(2)7-8-17-23(20,21)15-5-3-14(4-6-15)16(19)18-9-11-22-12-10-18/h3-6,13,17H,7-12H2,1-2H3. The second-order valence-corrected chi connectivity index (χ2v) is 7.78. The lowest BCUT2D eigenvalue weighted by molar-refractivity contribution is 0.0303. The molecule has 1 amide bonds. The van der Waals surface area contributed by atoms with Gasteiger partial charge in [0.15, 0.2) is 0 Å². The monoisotopic (exact) mass is 340 g/mol. The van der Waals surface area contributed by atoms with E-state index in [1.54, 1.807) is 17.0 Å². The fourth-order valence-electron chi connectivity index (χ4n) is 2.29. The highest BCUT2D eigenvalue weighted by Crippen LogP contribution is 2.13. The second kappa shape index (κ2) is 7.90. The van der Waals surface area contributed by atoms with E-state index in [0.29, 0.717) is 44.3 Å². The number of nitrogens with one attached hydrogen (secondary N) is 1. The number of benzene rings is 1. The number of hydrogen-bond donors (Lipinski definition) is 1. The van der Waals surface area contributed by atoms with E-state index in [-0.39, 0.29) is 10.8 Å². The van der Waals surface area contributed by atoms with E-state index in [2.05, 4.69) is 4.72 Å². The third kappa shape index (κ3) is 5.02. The van der Waals surface area contributed by atoms with Crippen LogP contribution in [0.2, 0.25) is 0 Å². The number of amides is 1. The molecule has 1 saturated heterocycles. The van der Waals surface area contributed by atoms with Crippen molar-refractivity contribution in [1.29, 1.82) is 0 Å². The molecule has 128 valence electrons. The summed E-state index contributed by atoms with van der Waals surface area (Å²) in [6, 6.07) is 6.08. The van der Waals surface area contributed by atoms with Crippen molar-refractivity contribution in [3.63, 3.8) is 0 Å². The van der Waals surface area contributed by atoms with Crippen LogP contribution in [0.25, 0.3) is 0 Å². The highest BCUT2D eigenvalue weighted by atomic mass is 32.2. The summed E-state index contributed by atoms with van der Waals surface area (Å²) in [5.41, 5.74) is 0.494. The Morgan fingerprint density at radius 2 is 1.83 bits per heavy atom. The van der Waals surface area contributed by atoms with Crippen LogP contribution in [-0.4, -0.2) is 52.1 Å². The molecule has 1 aliphatic rings. The number of morpholine rings is 1. The molecule has 1 aromatic rings. The lowest BCUT2D eigenvalue weighted by Crippen LogP contribution is -2.40. The van der Waals surface area contributed by atoms with Crippen molar-refractivity contribution < 1.29 is 17.9 Å². The van der Waals surface area contributed by atoms with E-state index in [1.165, 1.54) is 12.1 Å². The summed E-state index contributed by atoms with van der Waals surface area (Å²) in [6.07, 6.45) is 0.785. The molecule has 0 spiro atoms. The van der Waals surface area contributed by atoms with Gasteiger partial charge in [-0.05, 0) is 36.6 Å². The van der Waals surface area contributed by atoms with Crippen LogP contribution >= 0.6 is 0 Å². The number of sulfonamides is 1. The molecule has 1 aromatic carbocycles. The van der Waals surface area contributed by atoms with Crippen molar-refractivity contribution in [2.75, 3.05) is 32.8 Å². The van der Waals surface area contributed by atoms with Crippen LogP contribution in [0.4, 0.5) is 0 Å². The van der Waals surface area contributed by atoms with Crippen molar-refractivity contribution in [2.24, 2.45) is 5.92 Å². The van der Waals surface area contributed by atoms with Gasteiger partial charge in [0.1, 0.15) is 0 Å². The Hall–Kier alpha value is -1.44. The Bertz CT molecular complexity index is 620. The second-order valence-electron chi connectivity index (χ2n) is 6.01. The van der Waals surface area contributed by atoms with Gasteiger partial charge >= 0.3 is 0 Å². The Morgan fingerprint density at radius 3 is 2.39 bits per heavy atom. The number of ether oxygens (including phenoxy) is 1. The number of rotatable bonds is 6. The van der Waals surface area contributed by atoms with Crippen molar-refractivity contribution >= 4 is 15.9 Å². The van der Waals surface area contributed by atoms with Crippen LogP contribution in [0, 0.1) is 5.92 Å². The lowest BCUT2D eigenvalue weighted by Gasteiger charge is -2.26. The summed E-state index contributed by atoms with van der Waals surface area (Å²) in [7, 11) is -3.52. The average Bonchev–Trinajstić information content (AvgIpc) is 2.54. The van der Waals surface area contributed by atoms with Crippen LogP contribution in [0.1, 0.15) is 30.6 Å². The molecule has 0 unspecified atom stereocenters. The van der Waals surface area contributed by atoms with Gasteiger partial charge < -0.3 is 9.64 Å². The van der Waals surface area contributed by atoms with Gasteiger partial charge in [-0.2, -0.15) is 0 Å². The van der Waals surface area contributed by atoms with E-state index in [9.17, 15) is 13.2 Å². The maximum atomic E-state index is 12.3. The minimum Gasteiger partial charge on any atom is -0.378 e. The van der Waals surface area contributed by atoms with Gasteiger partial charge in [0.25, 0.3) is 5.91 Å². The molecule has 1 N–H and O–H groups in total. The molecule has 0 aliphatic carbocycles. The largest absolute Gasteiger partial charge is 0.378 e. The van der Waals surface area contributed by atoms with Gasteiger partial charge in [-0.3, -0.25) is 4.79 Å². The van der Waals surface area contributed by atoms with Crippen molar-refractivity contribution in [3.05, 3.63) is 29.8 Å². The Kier molecular flexibility index (Phi) is 6.15. The van der Waals surface area contributed by atoms with Crippen LogP contribution in [0.15, 0.2) is 29.2 Å². The maximum Gasteiger partial charge on any atom is 0.254 e. The Morgan fingerprint density at radius 1 is 1.22 bits per heavy atom. The molecule has 0 saturated carbocycles. The van der Waals surface area contributed by atoms with Gasteiger partial charge in [-0.15, -0.1) is 0 Å². The van der Waals surface area contributed by atoms with Gasteiger partial charge in [-0.1, -0.05) is 13.8 Å². The van der Waals surface area contributed by atoms with E-state index in [1.807, 2.05) is 13.8 Å². The van der Waals surface area contributed by atoms with E-state index in [4.69, 9.17) is 4.74 Å².